The van der Waals surface area contributed by atoms with Gasteiger partial charge in [0.1, 0.15) is 0 Å². The molecule has 0 radical (unpaired) electrons. The molecule has 28 heavy (non-hydrogen) atoms. The van der Waals surface area contributed by atoms with Crippen LogP contribution in [0.3, 0.4) is 0 Å². The monoisotopic (exact) mass is 406 g/mol. The van der Waals surface area contributed by atoms with E-state index in [9.17, 15) is 23.3 Å². The number of nitro benzene ring substituents is 1. The van der Waals surface area contributed by atoms with Crippen LogP contribution in [0.2, 0.25) is 0 Å². The minimum atomic E-state index is -4.16. The van der Waals surface area contributed by atoms with Gasteiger partial charge in [0.15, 0.2) is 0 Å². The SMILES string of the molecule is CCN(CC)c1ccc(C(=O)NNS(=O)(=O)c2ccc(C)c([N+](=O)[O-])c2)cc1. The molecule has 0 aromatic heterocycles. The Morgan fingerprint density at radius 1 is 1.11 bits per heavy atom. The predicted octanol–water partition coefficient (Wildman–Crippen LogP) is 2.37. The Morgan fingerprint density at radius 3 is 2.25 bits per heavy atom. The molecule has 0 unspecified atom stereocenters. The van der Waals surface area contributed by atoms with Gasteiger partial charge in [0.2, 0.25) is 0 Å². The molecule has 0 aliphatic heterocycles. The quantitative estimate of drug-likeness (QED) is 0.513. The van der Waals surface area contributed by atoms with Crippen LogP contribution in [0.4, 0.5) is 11.4 Å². The molecular formula is C18H22N4O5S. The topological polar surface area (TPSA) is 122 Å². The molecule has 150 valence electrons. The van der Waals surface area contributed by atoms with E-state index in [-0.39, 0.29) is 16.1 Å². The number of aryl methyl sites for hydroxylation is 1. The number of amides is 1. The molecule has 0 saturated heterocycles. The summed E-state index contributed by atoms with van der Waals surface area (Å²) in [6.45, 7) is 7.20. The maximum absolute atomic E-state index is 12.3. The second-order valence-electron chi connectivity index (χ2n) is 5.98. The number of hydrogen-bond acceptors (Lipinski definition) is 6. The van der Waals surface area contributed by atoms with Crippen LogP contribution in [0.15, 0.2) is 47.4 Å². The van der Waals surface area contributed by atoms with E-state index in [1.165, 1.54) is 19.1 Å². The smallest absolute Gasteiger partial charge is 0.273 e. The maximum Gasteiger partial charge on any atom is 0.273 e. The third kappa shape index (κ3) is 4.84. The summed E-state index contributed by atoms with van der Waals surface area (Å²) in [5, 5.41) is 11.0. The van der Waals surface area contributed by atoms with Crippen molar-refractivity contribution in [2.75, 3.05) is 18.0 Å². The number of nitrogens with one attached hydrogen (secondary N) is 2. The molecule has 0 aliphatic rings. The third-order valence-corrected chi connectivity index (χ3v) is 5.49. The fourth-order valence-corrected chi connectivity index (χ4v) is 3.47. The summed E-state index contributed by atoms with van der Waals surface area (Å²) in [5.74, 6) is -0.642. The van der Waals surface area contributed by atoms with Gasteiger partial charge in [-0.2, -0.15) is 0 Å². The minimum Gasteiger partial charge on any atom is -0.372 e. The standard InChI is InChI=1S/C18H22N4O5S/c1-4-21(5-2)15-9-7-14(8-10-15)18(23)19-20-28(26,27)16-11-6-13(3)17(12-16)22(24)25/h6-12,20H,4-5H2,1-3H3,(H,19,23). The normalized spacial score (nSPS) is 11.1. The molecule has 9 nitrogen and oxygen atoms in total. The highest BCUT2D eigenvalue weighted by Gasteiger charge is 2.20. The fourth-order valence-electron chi connectivity index (χ4n) is 2.61. The van der Waals surface area contributed by atoms with Gasteiger partial charge in [-0.3, -0.25) is 20.3 Å². The van der Waals surface area contributed by atoms with E-state index < -0.39 is 20.9 Å². The van der Waals surface area contributed by atoms with Crippen molar-refractivity contribution in [2.45, 2.75) is 25.7 Å². The largest absolute Gasteiger partial charge is 0.372 e. The Labute approximate surface area is 163 Å². The first-order valence-electron chi connectivity index (χ1n) is 8.61. The molecule has 0 saturated carbocycles. The molecule has 2 rings (SSSR count). The number of benzene rings is 2. The lowest BCUT2D eigenvalue weighted by Crippen LogP contribution is -2.41. The van der Waals surface area contributed by atoms with Crippen LogP contribution in [-0.4, -0.2) is 32.3 Å². The van der Waals surface area contributed by atoms with Gasteiger partial charge in [-0.25, -0.2) is 8.42 Å². The van der Waals surface area contributed by atoms with E-state index in [0.29, 0.717) is 5.56 Å². The summed E-state index contributed by atoms with van der Waals surface area (Å²) in [6, 6.07) is 10.3. The molecule has 0 bridgehead atoms. The van der Waals surface area contributed by atoms with Gasteiger partial charge in [0.25, 0.3) is 21.6 Å². The number of hydrogen-bond donors (Lipinski definition) is 2. The summed E-state index contributed by atoms with van der Waals surface area (Å²) in [7, 11) is -4.16. The first kappa shape index (κ1) is 21.3. The second kappa shape index (κ2) is 8.81. The summed E-state index contributed by atoms with van der Waals surface area (Å²) < 4.78 is 24.6. The van der Waals surface area contributed by atoms with Crippen molar-refractivity contribution in [3.8, 4) is 0 Å². The molecule has 0 aliphatic carbocycles. The molecule has 1 amide bonds. The first-order valence-corrected chi connectivity index (χ1v) is 10.1. The van der Waals surface area contributed by atoms with Gasteiger partial charge in [-0.1, -0.05) is 6.07 Å². The van der Waals surface area contributed by atoms with Gasteiger partial charge < -0.3 is 4.90 Å². The Bertz CT molecular complexity index is 970. The zero-order valence-corrected chi connectivity index (χ0v) is 16.6. The zero-order chi connectivity index (χ0) is 20.9. The molecule has 10 heteroatoms. The van der Waals surface area contributed by atoms with Crippen LogP contribution in [0.25, 0.3) is 0 Å². The average molecular weight is 406 g/mol. The third-order valence-electron chi connectivity index (χ3n) is 4.24. The van der Waals surface area contributed by atoms with Crippen molar-refractivity contribution < 1.29 is 18.1 Å². The van der Waals surface area contributed by atoms with Gasteiger partial charge in [-0.15, -0.1) is 4.83 Å². The van der Waals surface area contributed by atoms with Gasteiger partial charge >= 0.3 is 0 Å². The van der Waals surface area contributed by atoms with Gasteiger partial charge in [0, 0.05) is 36.0 Å². The molecule has 0 fully saturated rings. The zero-order valence-electron chi connectivity index (χ0n) is 15.8. The van der Waals surface area contributed by atoms with Crippen LogP contribution in [0.5, 0.6) is 0 Å². The van der Waals surface area contributed by atoms with Crippen LogP contribution in [0, 0.1) is 17.0 Å². The number of hydrazine groups is 1. The number of nitrogens with zero attached hydrogens (tertiary/aromatic N) is 2. The van der Waals surface area contributed by atoms with E-state index >= 15 is 0 Å². The second-order valence-corrected chi connectivity index (χ2v) is 7.67. The summed E-state index contributed by atoms with van der Waals surface area (Å²) in [5.41, 5.74) is 3.36. The van der Waals surface area contributed by atoms with Crippen molar-refractivity contribution in [2.24, 2.45) is 0 Å². The average Bonchev–Trinajstić information content (AvgIpc) is 2.67. The van der Waals surface area contributed by atoms with E-state index in [4.69, 9.17) is 0 Å². The molecule has 2 aromatic carbocycles. The Hall–Kier alpha value is -2.98. The highest BCUT2D eigenvalue weighted by atomic mass is 32.2. The van der Waals surface area contributed by atoms with E-state index in [0.717, 1.165) is 24.8 Å². The van der Waals surface area contributed by atoms with Crippen molar-refractivity contribution >= 4 is 27.3 Å². The van der Waals surface area contributed by atoms with Crippen LogP contribution in [0.1, 0.15) is 29.8 Å². The van der Waals surface area contributed by atoms with Crippen molar-refractivity contribution in [3.05, 3.63) is 63.7 Å². The lowest BCUT2D eigenvalue weighted by Gasteiger charge is -2.21. The highest BCUT2D eigenvalue weighted by Crippen LogP contribution is 2.22. The number of carbonyl (C=O) groups excluding carboxylic acids is 1. The van der Waals surface area contributed by atoms with Crippen LogP contribution in [-0.2, 0) is 10.0 Å². The first-order chi connectivity index (χ1) is 13.2. The minimum absolute atomic E-state index is 0.272. The van der Waals surface area contributed by atoms with Crippen molar-refractivity contribution in [1.29, 1.82) is 0 Å². The van der Waals surface area contributed by atoms with Gasteiger partial charge in [-0.05, 0) is 51.1 Å². The lowest BCUT2D eigenvalue weighted by molar-refractivity contribution is -0.385. The van der Waals surface area contributed by atoms with Crippen molar-refractivity contribution in [1.82, 2.24) is 10.3 Å². The van der Waals surface area contributed by atoms with Crippen molar-refractivity contribution in [3.63, 3.8) is 0 Å². The molecular weight excluding hydrogens is 384 g/mol. The summed E-state index contributed by atoms with van der Waals surface area (Å²) in [4.78, 5) is 26.3. The number of anilines is 1. The van der Waals surface area contributed by atoms with E-state index in [2.05, 4.69) is 10.3 Å². The molecule has 0 heterocycles. The highest BCUT2D eigenvalue weighted by molar-refractivity contribution is 7.89. The van der Waals surface area contributed by atoms with E-state index in [1.807, 2.05) is 18.7 Å². The summed E-state index contributed by atoms with van der Waals surface area (Å²) in [6.07, 6.45) is 0. The van der Waals surface area contributed by atoms with E-state index in [1.54, 1.807) is 24.3 Å². The fraction of sp³-hybridized carbons (Fsp3) is 0.278. The Balaban J connectivity index is 2.11. The molecule has 0 atom stereocenters. The van der Waals surface area contributed by atoms with Gasteiger partial charge in [0.05, 0.1) is 9.82 Å². The number of rotatable bonds is 8. The number of carbonyl (C=O) groups is 1. The Morgan fingerprint density at radius 2 is 1.71 bits per heavy atom. The lowest BCUT2D eigenvalue weighted by atomic mass is 10.2. The summed E-state index contributed by atoms with van der Waals surface area (Å²) >= 11 is 0. The number of nitro groups is 1. The maximum atomic E-state index is 12.3. The van der Waals surface area contributed by atoms with Crippen LogP contribution >= 0.6 is 0 Å². The molecule has 2 aromatic rings. The Kier molecular flexibility index (Phi) is 6.71. The molecule has 0 spiro atoms. The van der Waals surface area contributed by atoms with Crippen LogP contribution < -0.4 is 15.2 Å². The molecule has 2 N–H and O–H groups in total. The predicted molar refractivity (Wildman–Crippen MR) is 106 cm³/mol. The number of sulfonamides is 1.